The second-order valence-electron chi connectivity index (χ2n) is 15.4. The number of ether oxygens (including phenoxy) is 3. The van der Waals surface area contributed by atoms with Crippen molar-refractivity contribution in [2.45, 2.75) is 103 Å². The van der Waals surface area contributed by atoms with Gasteiger partial charge in [-0.1, -0.05) is 57.2 Å². The quantitative estimate of drug-likeness (QED) is 0.221. The average molecular weight is 663 g/mol. The summed E-state index contributed by atoms with van der Waals surface area (Å²) in [5.41, 5.74) is 0.0355. The highest BCUT2D eigenvalue weighted by molar-refractivity contribution is 5.91. The van der Waals surface area contributed by atoms with Crippen molar-refractivity contribution in [2.24, 2.45) is 46.3 Å². The molecule has 0 unspecified atom stereocenters. The van der Waals surface area contributed by atoms with Gasteiger partial charge in [0.2, 0.25) is 0 Å². The molecule has 260 valence electrons. The first-order valence-electron chi connectivity index (χ1n) is 17.7. The summed E-state index contributed by atoms with van der Waals surface area (Å²) in [5.74, 6) is -1.31. The molecule has 0 heterocycles. The Morgan fingerprint density at radius 3 is 2.00 bits per heavy atom. The molecule has 0 amide bonds. The first-order chi connectivity index (χ1) is 22.9. The lowest BCUT2D eigenvalue weighted by molar-refractivity contribution is -0.229. The summed E-state index contributed by atoms with van der Waals surface area (Å²) in [6.07, 6.45) is 4.78. The lowest BCUT2D eigenvalue weighted by Gasteiger charge is -2.63. The Hall–Kier alpha value is -3.27. The summed E-state index contributed by atoms with van der Waals surface area (Å²) in [5, 5.41) is 33.8. The fourth-order valence-corrected chi connectivity index (χ4v) is 10.4. The number of carbonyl (C=O) groups is 3. The lowest BCUT2D eigenvalue weighted by Crippen LogP contribution is -2.62. The highest BCUT2D eigenvalue weighted by Gasteiger charge is 2.65. The minimum Gasteiger partial charge on any atom is -0.393 e. The van der Waals surface area contributed by atoms with Gasteiger partial charge in [0.25, 0.3) is 0 Å². The molecule has 2 aromatic rings. The van der Waals surface area contributed by atoms with Crippen LogP contribution in [-0.2, 0) is 19.0 Å². The molecule has 48 heavy (non-hydrogen) atoms. The number of rotatable bonds is 9. The SMILES string of the molecule is C[C@H](CCC(=O)OC(OC(=O)c1ccccc1)OC(=O)c1ccccc1)[C@H]1CC[C@H]2[C@@H]3[C@H](O)C[C@@H]4C[C@H](O)CC[C@]4(C)[C@H]3C[C@H](O)[C@]12C. The molecule has 9 heteroatoms. The number of aliphatic hydroxyl groups excluding tert-OH is 3. The number of hydrogen-bond donors (Lipinski definition) is 3. The van der Waals surface area contributed by atoms with E-state index < -0.39 is 42.0 Å². The van der Waals surface area contributed by atoms with Crippen molar-refractivity contribution in [3.63, 3.8) is 0 Å². The van der Waals surface area contributed by atoms with Gasteiger partial charge >= 0.3 is 24.4 Å². The number of esters is 3. The third-order valence-electron chi connectivity index (χ3n) is 13.0. The monoisotopic (exact) mass is 662 g/mol. The highest BCUT2D eigenvalue weighted by atomic mass is 16.9. The van der Waals surface area contributed by atoms with E-state index in [-0.39, 0.29) is 64.6 Å². The second kappa shape index (κ2) is 13.9. The van der Waals surface area contributed by atoms with E-state index in [9.17, 15) is 29.7 Å². The predicted molar refractivity (Wildman–Crippen MR) is 176 cm³/mol. The van der Waals surface area contributed by atoms with Crippen LogP contribution in [0.4, 0.5) is 0 Å². The molecule has 0 bridgehead atoms. The van der Waals surface area contributed by atoms with E-state index >= 15 is 0 Å². The van der Waals surface area contributed by atoms with Gasteiger partial charge in [0.15, 0.2) is 0 Å². The Balaban J connectivity index is 1.10. The average Bonchev–Trinajstić information content (AvgIpc) is 3.44. The van der Waals surface area contributed by atoms with Gasteiger partial charge in [0.05, 0.1) is 29.4 Å². The van der Waals surface area contributed by atoms with E-state index in [4.69, 9.17) is 14.2 Å². The van der Waals surface area contributed by atoms with Crippen molar-refractivity contribution in [1.82, 2.24) is 0 Å². The Morgan fingerprint density at radius 1 is 0.792 bits per heavy atom. The van der Waals surface area contributed by atoms with Crippen molar-refractivity contribution < 1.29 is 43.9 Å². The van der Waals surface area contributed by atoms with E-state index in [0.29, 0.717) is 19.3 Å². The summed E-state index contributed by atoms with van der Waals surface area (Å²) >= 11 is 0. The smallest absolute Gasteiger partial charge is 0.393 e. The van der Waals surface area contributed by atoms with Crippen LogP contribution in [0, 0.1) is 46.3 Å². The van der Waals surface area contributed by atoms with Crippen LogP contribution in [0.15, 0.2) is 60.7 Å². The Morgan fingerprint density at radius 2 is 1.40 bits per heavy atom. The minimum atomic E-state index is -1.86. The summed E-state index contributed by atoms with van der Waals surface area (Å²) < 4.78 is 16.1. The van der Waals surface area contributed by atoms with Crippen LogP contribution in [-0.4, -0.2) is 58.0 Å². The largest absolute Gasteiger partial charge is 0.413 e. The van der Waals surface area contributed by atoms with Gasteiger partial charge < -0.3 is 29.5 Å². The third-order valence-corrected chi connectivity index (χ3v) is 13.0. The topological polar surface area (TPSA) is 140 Å². The van der Waals surface area contributed by atoms with Crippen LogP contribution in [0.3, 0.4) is 0 Å². The molecule has 6 rings (SSSR count). The van der Waals surface area contributed by atoms with Gasteiger partial charge in [0.1, 0.15) is 0 Å². The van der Waals surface area contributed by atoms with Crippen LogP contribution in [0.25, 0.3) is 0 Å². The molecule has 3 N–H and O–H groups in total. The third kappa shape index (κ3) is 6.53. The number of fused-ring (bicyclic) bond motifs is 5. The molecule has 0 aliphatic heterocycles. The molecule has 4 aliphatic rings. The molecule has 9 nitrogen and oxygen atoms in total. The normalized spacial score (nSPS) is 36.2. The highest BCUT2D eigenvalue weighted by Crippen LogP contribution is 2.68. The second-order valence-corrected chi connectivity index (χ2v) is 15.4. The van der Waals surface area contributed by atoms with Crippen molar-refractivity contribution in [3.05, 3.63) is 71.8 Å². The van der Waals surface area contributed by atoms with Gasteiger partial charge in [-0.05, 0) is 122 Å². The zero-order valence-corrected chi connectivity index (χ0v) is 28.2. The molecule has 4 aliphatic carbocycles. The summed E-state index contributed by atoms with van der Waals surface area (Å²) in [4.78, 5) is 38.7. The van der Waals surface area contributed by atoms with Crippen LogP contribution >= 0.6 is 0 Å². The summed E-state index contributed by atoms with van der Waals surface area (Å²) in [6, 6.07) is 16.3. The predicted octanol–water partition coefficient (Wildman–Crippen LogP) is 5.90. The molecule has 4 fully saturated rings. The van der Waals surface area contributed by atoms with E-state index in [1.54, 1.807) is 60.7 Å². The summed E-state index contributed by atoms with van der Waals surface area (Å²) in [7, 11) is 0. The first-order valence-corrected chi connectivity index (χ1v) is 17.7. The molecular weight excluding hydrogens is 612 g/mol. The van der Waals surface area contributed by atoms with Crippen molar-refractivity contribution in [2.75, 3.05) is 0 Å². The molecule has 0 saturated heterocycles. The van der Waals surface area contributed by atoms with E-state index in [0.717, 1.165) is 32.1 Å². The zero-order valence-electron chi connectivity index (χ0n) is 28.2. The van der Waals surface area contributed by atoms with E-state index in [2.05, 4.69) is 20.8 Å². The Labute approximate surface area is 283 Å². The fourth-order valence-electron chi connectivity index (χ4n) is 10.4. The number of benzene rings is 2. The molecule has 2 aromatic carbocycles. The van der Waals surface area contributed by atoms with Crippen LogP contribution < -0.4 is 0 Å². The Bertz CT molecular complexity index is 1390. The van der Waals surface area contributed by atoms with Gasteiger partial charge in [0, 0.05) is 6.42 Å². The maximum atomic E-state index is 13.2. The standard InChI is InChI=1S/C39H50O9/c1-23(14-17-33(43)46-37(47-35(44)24-10-6-4-7-11-24)48-36(45)25-12-8-5-9-13-25)28-15-16-29-34-30(22-32(42)39(28,29)3)38(2)19-18-27(40)20-26(38)21-31(34)41/h4-13,23,26-32,34,37,40-42H,14-22H2,1-3H3/t23-,26+,27-,28-,29+,30+,31-,32+,34+,38+,39-/m1/s1. The van der Waals surface area contributed by atoms with Crippen LogP contribution in [0.5, 0.6) is 0 Å². The number of hydrogen-bond acceptors (Lipinski definition) is 9. The minimum absolute atomic E-state index is 0.00334. The maximum absolute atomic E-state index is 13.2. The van der Waals surface area contributed by atoms with Crippen molar-refractivity contribution in [3.8, 4) is 0 Å². The van der Waals surface area contributed by atoms with Crippen LogP contribution in [0.2, 0.25) is 0 Å². The zero-order chi connectivity index (χ0) is 34.2. The number of aliphatic hydroxyl groups is 3. The molecule has 11 atom stereocenters. The van der Waals surface area contributed by atoms with Gasteiger partial charge in [-0.3, -0.25) is 4.79 Å². The Kier molecular flexibility index (Phi) is 10.0. The van der Waals surface area contributed by atoms with Crippen molar-refractivity contribution in [1.29, 1.82) is 0 Å². The van der Waals surface area contributed by atoms with Gasteiger partial charge in [-0.2, -0.15) is 0 Å². The molecule has 4 saturated carbocycles. The maximum Gasteiger partial charge on any atom is 0.413 e. The molecular formula is C39H50O9. The van der Waals surface area contributed by atoms with Gasteiger partial charge in [-0.25, -0.2) is 9.59 Å². The van der Waals surface area contributed by atoms with Gasteiger partial charge in [-0.15, -0.1) is 0 Å². The van der Waals surface area contributed by atoms with Crippen molar-refractivity contribution >= 4 is 17.9 Å². The fraction of sp³-hybridized carbons (Fsp3) is 0.615. The molecule has 0 radical (unpaired) electrons. The van der Waals surface area contributed by atoms with E-state index in [1.807, 2.05) is 0 Å². The molecule has 0 aromatic heterocycles. The molecule has 0 spiro atoms. The van der Waals surface area contributed by atoms with Crippen LogP contribution in [0.1, 0.15) is 99.3 Å². The first kappa shape index (κ1) is 34.6. The summed E-state index contributed by atoms with van der Waals surface area (Å²) in [6.45, 7) is 4.74. The van der Waals surface area contributed by atoms with E-state index in [1.165, 1.54) is 0 Å². The lowest BCUT2D eigenvalue weighted by atomic mass is 9.43. The number of carbonyl (C=O) groups excluding carboxylic acids is 3.